The van der Waals surface area contributed by atoms with Gasteiger partial charge in [-0.3, -0.25) is 9.59 Å². The number of methoxy groups -OCH3 is 1. The number of ketones is 1. The van der Waals surface area contributed by atoms with E-state index in [0.717, 1.165) is 0 Å². The molecule has 0 spiro atoms. The van der Waals surface area contributed by atoms with Gasteiger partial charge in [0.15, 0.2) is 0 Å². The van der Waals surface area contributed by atoms with Gasteiger partial charge in [-0.1, -0.05) is 0 Å². The second kappa shape index (κ2) is 4.01. The molecule has 2 saturated carbocycles. The molecule has 1 saturated heterocycles. The lowest BCUT2D eigenvalue weighted by molar-refractivity contribution is -0.242. The number of ether oxygens (including phenoxy) is 2. The summed E-state index contributed by atoms with van der Waals surface area (Å²) in [6, 6.07) is 0. The molecule has 2 N–H and O–H groups in total. The standard InChI is InChI=1S/C13H18O6/c1-5-10(15)13(18-2)9(12(17)19-5)6-3-4-7(14)8(6)11(13)16/h5-6,8-11,15-16H,3-4H2,1-2H3. The summed E-state index contributed by atoms with van der Waals surface area (Å²) in [6.07, 6.45) is -2.15. The maximum Gasteiger partial charge on any atom is 0.312 e. The van der Waals surface area contributed by atoms with Crippen molar-refractivity contribution in [3.63, 3.8) is 0 Å². The molecule has 106 valence electrons. The van der Waals surface area contributed by atoms with E-state index in [1.54, 1.807) is 6.92 Å². The third-order valence-corrected chi connectivity index (χ3v) is 5.09. The van der Waals surface area contributed by atoms with Crippen LogP contribution in [0.3, 0.4) is 0 Å². The normalized spacial score (nSPS) is 52.8. The Hall–Kier alpha value is -0.980. The first-order valence-electron chi connectivity index (χ1n) is 6.59. The summed E-state index contributed by atoms with van der Waals surface area (Å²) in [4.78, 5) is 24.1. The number of fused-ring (bicyclic) bond motifs is 3. The maximum atomic E-state index is 12.2. The van der Waals surface area contributed by atoms with Gasteiger partial charge in [-0.15, -0.1) is 0 Å². The quantitative estimate of drug-likeness (QED) is 0.610. The summed E-state index contributed by atoms with van der Waals surface area (Å²) < 4.78 is 10.5. The fourth-order valence-corrected chi connectivity index (χ4v) is 4.25. The lowest BCUT2D eigenvalue weighted by Gasteiger charge is -2.46. The van der Waals surface area contributed by atoms with Gasteiger partial charge in [-0.25, -0.2) is 0 Å². The molecule has 0 radical (unpaired) electrons. The smallest absolute Gasteiger partial charge is 0.312 e. The number of rotatable bonds is 1. The predicted molar refractivity (Wildman–Crippen MR) is 62.0 cm³/mol. The van der Waals surface area contributed by atoms with Gasteiger partial charge in [0.05, 0.1) is 17.9 Å². The second-order valence-corrected chi connectivity index (χ2v) is 5.76. The van der Waals surface area contributed by atoms with Crippen LogP contribution < -0.4 is 0 Å². The Morgan fingerprint density at radius 2 is 2.00 bits per heavy atom. The molecule has 19 heavy (non-hydrogen) atoms. The first-order valence-corrected chi connectivity index (χ1v) is 6.59. The summed E-state index contributed by atoms with van der Waals surface area (Å²) in [7, 11) is 1.36. The van der Waals surface area contributed by atoms with Crippen LogP contribution in [0.1, 0.15) is 19.8 Å². The van der Waals surface area contributed by atoms with E-state index in [4.69, 9.17) is 9.47 Å². The number of esters is 1. The van der Waals surface area contributed by atoms with Crippen molar-refractivity contribution >= 4 is 11.8 Å². The van der Waals surface area contributed by atoms with E-state index < -0.39 is 41.7 Å². The molecule has 0 amide bonds. The zero-order chi connectivity index (χ0) is 13.9. The number of aliphatic hydroxyl groups excluding tert-OH is 2. The number of aliphatic hydroxyl groups is 2. The molecule has 7 atom stereocenters. The Morgan fingerprint density at radius 1 is 1.32 bits per heavy atom. The molecule has 1 heterocycles. The molecule has 3 fully saturated rings. The minimum absolute atomic E-state index is 0.0593. The second-order valence-electron chi connectivity index (χ2n) is 5.76. The molecular weight excluding hydrogens is 252 g/mol. The molecule has 7 unspecified atom stereocenters. The minimum Gasteiger partial charge on any atom is -0.459 e. The molecule has 3 aliphatic rings. The summed E-state index contributed by atoms with van der Waals surface area (Å²) in [5.41, 5.74) is -1.42. The average Bonchev–Trinajstić information content (AvgIpc) is 2.85. The molecule has 3 rings (SSSR count). The van der Waals surface area contributed by atoms with Crippen LogP contribution in [0.2, 0.25) is 0 Å². The lowest BCUT2D eigenvalue weighted by atomic mass is 9.76. The molecule has 6 nitrogen and oxygen atoms in total. The van der Waals surface area contributed by atoms with E-state index >= 15 is 0 Å². The van der Waals surface area contributed by atoms with Crippen LogP contribution in [-0.2, 0) is 19.1 Å². The van der Waals surface area contributed by atoms with Crippen LogP contribution in [-0.4, -0.2) is 53.0 Å². The van der Waals surface area contributed by atoms with Crippen LogP contribution in [0.5, 0.6) is 0 Å². The SMILES string of the molecule is COC12C(O)C(C)OC(=O)C1C1CCC(=O)C1C2O. The van der Waals surface area contributed by atoms with Crippen LogP contribution in [0.15, 0.2) is 0 Å². The lowest BCUT2D eigenvalue weighted by Crippen LogP contribution is -2.65. The van der Waals surface area contributed by atoms with E-state index in [0.29, 0.717) is 12.8 Å². The highest BCUT2D eigenvalue weighted by Gasteiger charge is 2.72. The van der Waals surface area contributed by atoms with Gasteiger partial charge in [-0.05, 0) is 19.3 Å². The van der Waals surface area contributed by atoms with Crippen molar-refractivity contribution in [2.75, 3.05) is 7.11 Å². The summed E-state index contributed by atoms with van der Waals surface area (Å²) >= 11 is 0. The first-order chi connectivity index (χ1) is 8.95. The molecular formula is C13H18O6. The van der Waals surface area contributed by atoms with Crippen molar-refractivity contribution in [3.8, 4) is 0 Å². The zero-order valence-corrected chi connectivity index (χ0v) is 10.9. The van der Waals surface area contributed by atoms with Gasteiger partial charge in [0.2, 0.25) is 0 Å². The van der Waals surface area contributed by atoms with Gasteiger partial charge in [0.25, 0.3) is 0 Å². The molecule has 0 aromatic carbocycles. The molecule has 6 heteroatoms. The Kier molecular flexibility index (Phi) is 2.75. The van der Waals surface area contributed by atoms with E-state index in [-0.39, 0.29) is 11.7 Å². The Bertz CT molecular complexity index is 435. The van der Waals surface area contributed by atoms with E-state index in [1.165, 1.54) is 7.11 Å². The number of Topliss-reactive ketones (excluding diaryl/α,β-unsaturated/α-hetero) is 1. The van der Waals surface area contributed by atoms with E-state index in [9.17, 15) is 19.8 Å². The van der Waals surface area contributed by atoms with Crippen molar-refractivity contribution in [3.05, 3.63) is 0 Å². The minimum atomic E-state index is -1.42. The highest BCUT2D eigenvalue weighted by atomic mass is 16.6. The Balaban J connectivity index is 2.11. The number of cyclic esters (lactones) is 1. The number of hydrogen-bond donors (Lipinski definition) is 2. The van der Waals surface area contributed by atoms with E-state index in [2.05, 4.69) is 0 Å². The van der Waals surface area contributed by atoms with Crippen molar-refractivity contribution < 1.29 is 29.3 Å². The van der Waals surface area contributed by atoms with Crippen molar-refractivity contribution in [2.45, 2.75) is 43.7 Å². The van der Waals surface area contributed by atoms with Gasteiger partial charge < -0.3 is 19.7 Å². The van der Waals surface area contributed by atoms with Gasteiger partial charge in [-0.2, -0.15) is 0 Å². The largest absolute Gasteiger partial charge is 0.459 e. The molecule has 1 aliphatic heterocycles. The highest BCUT2D eigenvalue weighted by molar-refractivity contribution is 5.88. The summed E-state index contributed by atoms with van der Waals surface area (Å²) in [6.45, 7) is 1.56. The van der Waals surface area contributed by atoms with Crippen molar-refractivity contribution in [1.29, 1.82) is 0 Å². The Labute approximate surface area is 110 Å². The summed E-state index contributed by atoms with van der Waals surface area (Å²) in [5, 5.41) is 20.9. The van der Waals surface area contributed by atoms with Crippen molar-refractivity contribution in [2.24, 2.45) is 17.8 Å². The highest BCUT2D eigenvalue weighted by Crippen LogP contribution is 2.56. The fourth-order valence-electron chi connectivity index (χ4n) is 4.25. The van der Waals surface area contributed by atoms with E-state index in [1.807, 2.05) is 0 Å². The molecule has 0 bridgehead atoms. The van der Waals surface area contributed by atoms with Gasteiger partial charge >= 0.3 is 5.97 Å². The van der Waals surface area contributed by atoms with Gasteiger partial charge in [0, 0.05) is 13.5 Å². The molecule has 2 aliphatic carbocycles. The summed E-state index contributed by atoms with van der Waals surface area (Å²) in [5.74, 6) is -2.23. The maximum absolute atomic E-state index is 12.2. The number of carbonyl (C=O) groups excluding carboxylic acids is 2. The third-order valence-electron chi connectivity index (χ3n) is 5.09. The van der Waals surface area contributed by atoms with Crippen LogP contribution in [0.25, 0.3) is 0 Å². The number of hydrogen-bond acceptors (Lipinski definition) is 6. The monoisotopic (exact) mass is 270 g/mol. The predicted octanol–water partition coefficient (Wildman–Crippen LogP) is -0.736. The average molecular weight is 270 g/mol. The molecule has 0 aromatic rings. The zero-order valence-electron chi connectivity index (χ0n) is 10.9. The first kappa shape index (κ1) is 13.0. The number of carbonyl (C=O) groups is 2. The van der Waals surface area contributed by atoms with Crippen molar-refractivity contribution in [1.82, 2.24) is 0 Å². The third kappa shape index (κ3) is 1.37. The van der Waals surface area contributed by atoms with Gasteiger partial charge in [0.1, 0.15) is 23.6 Å². The fraction of sp³-hybridized carbons (Fsp3) is 0.846. The Morgan fingerprint density at radius 3 is 2.63 bits per heavy atom. The van der Waals surface area contributed by atoms with Crippen LogP contribution in [0, 0.1) is 17.8 Å². The topological polar surface area (TPSA) is 93.1 Å². The van der Waals surface area contributed by atoms with Crippen LogP contribution >= 0.6 is 0 Å². The molecule has 0 aromatic heterocycles. The van der Waals surface area contributed by atoms with Crippen LogP contribution in [0.4, 0.5) is 0 Å².